The van der Waals surface area contributed by atoms with Crippen molar-refractivity contribution in [1.29, 1.82) is 0 Å². The summed E-state index contributed by atoms with van der Waals surface area (Å²) in [7, 11) is -2.88. The quantitative estimate of drug-likeness (QED) is 0.0449. The number of ketones is 1. The van der Waals surface area contributed by atoms with E-state index in [1.54, 1.807) is 25.3 Å². The third kappa shape index (κ3) is 10.0. The van der Waals surface area contributed by atoms with Crippen LogP contribution in [0.25, 0.3) is 22.3 Å². The maximum absolute atomic E-state index is 15.1. The van der Waals surface area contributed by atoms with E-state index in [0.29, 0.717) is 33.8 Å². The van der Waals surface area contributed by atoms with E-state index in [-0.39, 0.29) is 43.5 Å². The van der Waals surface area contributed by atoms with Gasteiger partial charge in [0, 0.05) is 41.8 Å². The zero-order chi connectivity index (χ0) is 46.3. The third-order valence-electron chi connectivity index (χ3n) is 12.7. The van der Waals surface area contributed by atoms with Crippen molar-refractivity contribution in [3.05, 3.63) is 76.7 Å². The first-order chi connectivity index (χ1) is 30.2. The lowest BCUT2D eigenvalue weighted by molar-refractivity contribution is -0.156. The summed E-state index contributed by atoms with van der Waals surface area (Å²) in [6.45, 7) is 13.4. The molecule has 6 atom stereocenters. The zero-order valence-corrected chi connectivity index (χ0v) is 39.5. The van der Waals surface area contributed by atoms with Crippen LogP contribution in [0.3, 0.4) is 0 Å². The molecule has 1 aliphatic heterocycles. The molecular weight excluding hydrogens is 885 g/mol. The van der Waals surface area contributed by atoms with Gasteiger partial charge in [0.05, 0.1) is 54.6 Å². The van der Waals surface area contributed by atoms with Crippen molar-refractivity contribution in [1.82, 2.24) is 14.9 Å². The van der Waals surface area contributed by atoms with E-state index >= 15 is 4.39 Å². The summed E-state index contributed by atoms with van der Waals surface area (Å²) in [4.78, 5) is 66.1. The number of likely N-dealkylation sites (tertiary alicyclic amines) is 1. The van der Waals surface area contributed by atoms with Gasteiger partial charge >= 0.3 is 5.97 Å². The van der Waals surface area contributed by atoms with Gasteiger partial charge in [0.2, 0.25) is 13.3 Å². The molecule has 2 N–H and O–H groups in total. The third-order valence-corrected chi connectivity index (χ3v) is 16.7. The fraction of sp³-hybridized carbons (Fsp3) is 0.511. The van der Waals surface area contributed by atoms with E-state index < -0.39 is 88.8 Å². The summed E-state index contributed by atoms with van der Waals surface area (Å²) >= 11 is 7.27. The van der Waals surface area contributed by atoms with Gasteiger partial charge in [-0.15, -0.1) is 17.9 Å². The van der Waals surface area contributed by atoms with Gasteiger partial charge in [0.25, 0.3) is 0 Å². The molecule has 344 valence electrons. The maximum Gasteiger partial charge on any atom is 0.306 e. The van der Waals surface area contributed by atoms with Crippen molar-refractivity contribution < 1.29 is 46.8 Å². The van der Waals surface area contributed by atoms with Gasteiger partial charge < -0.3 is 29.3 Å². The van der Waals surface area contributed by atoms with Crippen LogP contribution in [0.5, 0.6) is 11.5 Å². The van der Waals surface area contributed by atoms with Crippen LogP contribution in [0.2, 0.25) is 5.02 Å². The van der Waals surface area contributed by atoms with E-state index in [9.17, 15) is 28.2 Å². The second kappa shape index (κ2) is 18.8. The number of carbonyl (C=O) groups excluding carboxylic acids is 3. The number of ether oxygens (including phenoxy) is 3. The molecule has 2 aliphatic carbocycles. The fourth-order valence-corrected chi connectivity index (χ4v) is 12.6. The Morgan fingerprint density at radius 2 is 1.84 bits per heavy atom. The minimum absolute atomic E-state index is 0.0230. The van der Waals surface area contributed by atoms with E-state index in [1.165, 1.54) is 22.3 Å². The number of hydrogen-bond donors (Lipinski definition) is 2. The number of methoxy groups -OCH3 is 1. The molecule has 1 saturated heterocycles. The smallest absolute Gasteiger partial charge is 0.306 e. The first-order valence-corrected chi connectivity index (χ1v) is 24.8. The number of hydrogen-bond acceptors (Lipinski definition) is 11. The first-order valence-electron chi connectivity index (χ1n) is 21.7. The van der Waals surface area contributed by atoms with Gasteiger partial charge in [-0.25, -0.2) is 18.7 Å². The molecule has 3 heterocycles. The highest BCUT2D eigenvalue weighted by Crippen LogP contribution is 2.74. The fourth-order valence-electron chi connectivity index (χ4n) is 9.07. The number of anilines is 1. The van der Waals surface area contributed by atoms with Crippen LogP contribution >= 0.6 is 30.3 Å². The molecule has 2 aromatic carbocycles. The van der Waals surface area contributed by atoms with Crippen molar-refractivity contribution in [3.63, 3.8) is 0 Å². The largest absolute Gasteiger partial charge is 0.497 e. The molecule has 0 bridgehead atoms. The number of nitrogens with one attached hydrogen (secondary N) is 1. The van der Waals surface area contributed by atoms with Crippen LogP contribution in [0.15, 0.2) is 54.4 Å². The second-order valence-electron chi connectivity index (χ2n) is 18.7. The molecule has 12 nitrogen and oxygen atoms in total. The van der Waals surface area contributed by atoms with E-state index in [2.05, 4.69) is 11.9 Å². The van der Waals surface area contributed by atoms with Crippen molar-refractivity contribution >= 4 is 64.0 Å². The van der Waals surface area contributed by atoms with Crippen molar-refractivity contribution in [2.75, 3.05) is 19.0 Å². The van der Waals surface area contributed by atoms with Crippen molar-refractivity contribution in [2.24, 2.45) is 17.3 Å². The Morgan fingerprint density at radius 1 is 1.11 bits per heavy atom. The molecule has 7 rings (SSSR count). The first kappa shape index (κ1) is 47.5. The number of nitrogens with zero attached hydrogens (tertiary/aromatic N) is 3. The summed E-state index contributed by atoms with van der Waals surface area (Å²) < 4.78 is 61.7. The Bertz CT molecular complexity index is 2490. The Morgan fingerprint density at radius 3 is 2.50 bits per heavy atom. The molecule has 3 aliphatic rings. The van der Waals surface area contributed by atoms with E-state index in [4.69, 9.17) is 35.8 Å². The van der Waals surface area contributed by atoms with Crippen LogP contribution in [0.4, 0.5) is 13.9 Å². The summed E-state index contributed by atoms with van der Waals surface area (Å²) in [5, 5.41) is 4.26. The lowest BCUT2D eigenvalue weighted by Gasteiger charge is -2.35. The monoisotopic (exact) mass is 940 g/mol. The van der Waals surface area contributed by atoms with Gasteiger partial charge in [-0.05, 0) is 81.0 Å². The van der Waals surface area contributed by atoms with Crippen LogP contribution in [0.1, 0.15) is 91.5 Å². The summed E-state index contributed by atoms with van der Waals surface area (Å²) in [5.41, 5.74) is 0.708. The number of amides is 1. The Hall–Kier alpha value is -4.43. The predicted molar refractivity (Wildman–Crippen MR) is 244 cm³/mol. The number of Topliss-reactive ketones (excluding diaryl/α,β-unsaturated/α-hetero) is 1. The minimum atomic E-state index is -4.44. The number of allylic oxidation sites excluding steroid dienone is 1. The minimum Gasteiger partial charge on any atom is -0.497 e. The zero-order valence-electron chi connectivity index (χ0n) is 37.0. The van der Waals surface area contributed by atoms with Crippen LogP contribution in [0, 0.1) is 28.9 Å². The van der Waals surface area contributed by atoms with Gasteiger partial charge in [-0.3, -0.25) is 18.9 Å². The second-order valence-corrected chi connectivity index (χ2v) is 22.6. The van der Waals surface area contributed by atoms with Gasteiger partial charge in [-0.2, -0.15) is 0 Å². The topological polar surface area (TPSA) is 157 Å². The number of benzene rings is 2. The van der Waals surface area contributed by atoms with E-state index in [0.717, 1.165) is 42.9 Å². The molecule has 1 amide bonds. The van der Waals surface area contributed by atoms with Crippen molar-refractivity contribution in [3.8, 4) is 22.9 Å². The molecule has 3 fully saturated rings. The molecule has 2 aromatic heterocycles. The summed E-state index contributed by atoms with van der Waals surface area (Å²) in [5.74, 6) is -4.04. The molecule has 17 heteroatoms. The lowest BCUT2D eigenvalue weighted by atomic mass is 9.77. The number of thiazole rings is 1. The molecule has 64 heavy (non-hydrogen) atoms. The normalized spacial score (nSPS) is 22.6. The molecular formula is C47H56ClF2N4O8PS. The number of halogens is 3. The standard InChI is InChI=1S/C47H56ClF2N4O8PS/c1-8-28-21-47(28,63(58,59)24-27-13-16-34(49)42(48)43(27)50)22-39(55)38-18-31(23-54(38)44(57)33(46(4,5)6)19-41(56)62-29-11-9-10-12-29)61-40-20-36(37-25-64-45(53-37)51-26(2)3)52-35-17-30(60-7)14-15-32(35)40/h8,13-17,20,25-26,28-29,31,33,38H,1,9-12,18-19,21-24H2,2-7H3,(H,51,53)(H,58,59)/t28-,31-,33-,38+,47-/m1/s1. The highest BCUT2D eigenvalue weighted by molar-refractivity contribution is 7.59. The predicted octanol–water partition coefficient (Wildman–Crippen LogP) is 10.4. The van der Waals surface area contributed by atoms with Crippen LogP contribution in [-0.4, -0.2) is 80.5 Å². The molecule has 0 radical (unpaired) electrons. The van der Waals surface area contributed by atoms with Gasteiger partial charge in [0.1, 0.15) is 46.1 Å². The number of carbonyl (C=O) groups is 3. The van der Waals surface area contributed by atoms with Crippen LogP contribution < -0.4 is 14.8 Å². The molecule has 0 spiro atoms. The average molecular weight is 941 g/mol. The van der Waals surface area contributed by atoms with Gasteiger partial charge in [0.15, 0.2) is 10.9 Å². The Balaban J connectivity index is 1.23. The van der Waals surface area contributed by atoms with Crippen molar-refractivity contribution in [2.45, 2.75) is 122 Å². The highest BCUT2D eigenvalue weighted by Gasteiger charge is 2.65. The Labute approximate surface area is 381 Å². The lowest BCUT2D eigenvalue weighted by Crippen LogP contribution is -2.48. The average Bonchev–Trinajstić information content (AvgIpc) is 3.63. The molecule has 4 aromatic rings. The van der Waals surface area contributed by atoms with Gasteiger partial charge in [-0.1, -0.05) is 44.5 Å². The maximum atomic E-state index is 15.1. The Kier molecular flexibility index (Phi) is 14.0. The van der Waals surface area contributed by atoms with Crippen LogP contribution in [-0.2, 0) is 29.8 Å². The highest BCUT2D eigenvalue weighted by atomic mass is 35.5. The summed E-state index contributed by atoms with van der Waals surface area (Å²) in [6.07, 6.45) is 2.81. The number of fused-ring (bicyclic) bond motifs is 1. The van der Waals surface area contributed by atoms with E-state index in [1.807, 2.05) is 46.1 Å². The summed E-state index contributed by atoms with van der Waals surface area (Å²) in [6, 6.07) is 8.20. The SMILES string of the molecule is C=C[C@@H]1C[C@]1(CC(=O)[C@@H]1C[C@@H](Oc2cc(-c3csc(NC(C)C)n3)nc3cc(OC)ccc23)CN1C(=O)[C@@H](CC(=O)OC1CCCC1)C(C)(C)C)P(=O)(O)Cc1ccc(F)c(Cl)c1F. The molecule has 1 unspecified atom stereocenters. The molecule has 2 saturated carbocycles. The number of pyridine rings is 1. The number of aromatic nitrogens is 2. The number of rotatable bonds is 17. The number of esters is 1.